The molecule has 2 aromatic rings. The third-order valence-electron chi connectivity index (χ3n) is 5.38. The molecule has 4 heteroatoms. The maximum absolute atomic E-state index is 12.7. The summed E-state index contributed by atoms with van der Waals surface area (Å²) < 4.78 is 0. The Morgan fingerprint density at radius 3 is 2.33 bits per heavy atom. The van der Waals surface area contributed by atoms with Crippen LogP contribution in [0.15, 0.2) is 54.9 Å². The summed E-state index contributed by atoms with van der Waals surface area (Å²) in [5.41, 5.74) is 2.44. The van der Waals surface area contributed by atoms with Crippen molar-refractivity contribution in [3.8, 4) is 0 Å². The number of benzene rings is 1. The summed E-state index contributed by atoms with van der Waals surface area (Å²) in [5.74, 6) is 0.543. The van der Waals surface area contributed by atoms with E-state index in [9.17, 15) is 4.79 Å². The molecule has 2 aliphatic rings. The number of carbonyl (C=O) groups is 1. The normalized spacial score (nSPS) is 19.8. The van der Waals surface area contributed by atoms with Crippen molar-refractivity contribution in [1.29, 1.82) is 0 Å². The number of rotatable bonds is 3. The number of piperidine rings is 1. The van der Waals surface area contributed by atoms with Gasteiger partial charge in [0.25, 0.3) is 0 Å². The molecule has 2 fully saturated rings. The molecule has 2 amide bonds. The average Bonchev–Trinajstić information content (AvgIpc) is 3.44. The van der Waals surface area contributed by atoms with Crippen LogP contribution in [0.25, 0.3) is 0 Å². The Morgan fingerprint density at radius 1 is 1.04 bits per heavy atom. The second-order valence-electron chi connectivity index (χ2n) is 6.92. The number of nitrogens with one attached hydrogen (secondary N) is 1. The Morgan fingerprint density at radius 2 is 1.71 bits per heavy atom. The first-order valence-electron chi connectivity index (χ1n) is 8.79. The van der Waals surface area contributed by atoms with Crippen molar-refractivity contribution >= 4 is 6.03 Å². The lowest BCUT2D eigenvalue weighted by molar-refractivity contribution is 0.176. The van der Waals surface area contributed by atoms with Gasteiger partial charge in [0.15, 0.2) is 0 Å². The minimum Gasteiger partial charge on any atom is -0.328 e. The molecule has 0 bridgehead atoms. The highest BCUT2D eigenvalue weighted by molar-refractivity contribution is 5.76. The number of carbonyl (C=O) groups excluding carboxylic acids is 1. The Balaban J connectivity index is 1.36. The predicted octanol–water partition coefficient (Wildman–Crippen LogP) is 3.66. The highest BCUT2D eigenvalue weighted by atomic mass is 16.2. The number of nitrogens with zero attached hydrogens (tertiary/aromatic N) is 2. The van der Waals surface area contributed by atoms with E-state index in [1.165, 1.54) is 11.1 Å². The molecule has 1 aromatic carbocycles. The molecule has 1 saturated heterocycles. The highest BCUT2D eigenvalue weighted by Crippen LogP contribution is 2.45. The first kappa shape index (κ1) is 15.2. The van der Waals surface area contributed by atoms with Gasteiger partial charge in [-0.2, -0.15) is 0 Å². The van der Waals surface area contributed by atoms with E-state index < -0.39 is 0 Å². The largest absolute Gasteiger partial charge is 0.328 e. The molecular formula is C20H23N3O. The van der Waals surface area contributed by atoms with E-state index in [2.05, 4.69) is 34.6 Å². The van der Waals surface area contributed by atoms with Gasteiger partial charge in [-0.15, -0.1) is 0 Å². The van der Waals surface area contributed by atoms with Gasteiger partial charge < -0.3 is 10.2 Å². The van der Waals surface area contributed by atoms with Crippen molar-refractivity contribution in [3.63, 3.8) is 0 Å². The predicted molar refractivity (Wildman–Crippen MR) is 93.7 cm³/mol. The van der Waals surface area contributed by atoms with E-state index in [4.69, 9.17) is 0 Å². The fourth-order valence-electron chi connectivity index (χ4n) is 3.70. The molecule has 24 heavy (non-hydrogen) atoms. The van der Waals surface area contributed by atoms with Gasteiger partial charge in [0.2, 0.25) is 0 Å². The summed E-state index contributed by atoms with van der Waals surface area (Å²) in [6.07, 6.45) is 7.83. The Kier molecular flexibility index (Phi) is 3.97. The standard InChI is InChI=1S/C20H23N3O/c24-19(22-20(10-11-20)18-4-2-1-3-5-18)23-14-8-17(9-15-23)16-6-12-21-13-7-16/h1-7,12-13,17H,8-11,14-15H2,(H,22,24). The van der Waals surface area contributed by atoms with Crippen molar-refractivity contribution < 1.29 is 4.79 Å². The topological polar surface area (TPSA) is 45.2 Å². The number of hydrogen-bond donors (Lipinski definition) is 1. The van der Waals surface area contributed by atoms with Crippen LogP contribution in [0, 0.1) is 0 Å². The van der Waals surface area contributed by atoms with Crippen LogP contribution in [-0.4, -0.2) is 29.0 Å². The molecule has 4 nitrogen and oxygen atoms in total. The highest BCUT2D eigenvalue weighted by Gasteiger charge is 2.46. The zero-order valence-electron chi connectivity index (χ0n) is 13.8. The molecule has 0 unspecified atom stereocenters. The maximum Gasteiger partial charge on any atom is 0.318 e. The Hall–Kier alpha value is -2.36. The van der Waals surface area contributed by atoms with Crippen LogP contribution < -0.4 is 5.32 Å². The van der Waals surface area contributed by atoms with Crippen molar-refractivity contribution in [2.24, 2.45) is 0 Å². The van der Waals surface area contributed by atoms with Gasteiger partial charge >= 0.3 is 6.03 Å². The van der Waals surface area contributed by atoms with Crippen molar-refractivity contribution in [2.45, 2.75) is 37.1 Å². The van der Waals surface area contributed by atoms with E-state index in [0.717, 1.165) is 38.8 Å². The van der Waals surface area contributed by atoms with Crippen LogP contribution >= 0.6 is 0 Å². The number of amides is 2. The first-order chi connectivity index (χ1) is 11.8. The number of aromatic nitrogens is 1. The van der Waals surface area contributed by atoms with Gasteiger partial charge in [-0.1, -0.05) is 30.3 Å². The quantitative estimate of drug-likeness (QED) is 0.937. The maximum atomic E-state index is 12.7. The van der Waals surface area contributed by atoms with Crippen LogP contribution in [0.5, 0.6) is 0 Å². The van der Waals surface area contributed by atoms with Crippen LogP contribution in [-0.2, 0) is 5.54 Å². The lowest BCUT2D eigenvalue weighted by Crippen LogP contribution is -2.47. The van der Waals surface area contributed by atoms with E-state index >= 15 is 0 Å². The molecule has 1 aliphatic heterocycles. The fraction of sp³-hybridized carbons (Fsp3) is 0.400. The minimum absolute atomic E-state index is 0.0875. The fourth-order valence-corrected chi connectivity index (χ4v) is 3.70. The minimum atomic E-state index is -0.125. The molecule has 0 radical (unpaired) electrons. The molecule has 0 atom stereocenters. The molecule has 124 valence electrons. The summed E-state index contributed by atoms with van der Waals surface area (Å²) in [7, 11) is 0. The Labute approximate surface area is 142 Å². The molecule has 1 saturated carbocycles. The third-order valence-corrected chi connectivity index (χ3v) is 5.38. The zero-order chi connectivity index (χ0) is 16.4. The summed E-state index contributed by atoms with van der Waals surface area (Å²) in [5, 5.41) is 3.28. The number of hydrogen-bond acceptors (Lipinski definition) is 2. The number of urea groups is 1. The molecule has 1 N–H and O–H groups in total. The van der Waals surface area contributed by atoms with Crippen molar-refractivity contribution in [3.05, 3.63) is 66.0 Å². The van der Waals surface area contributed by atoms with Gasteiger partial charge in [-0.05, 0) is 54.9 Å². The van der Waals surface area contributed by atoms with Crippen molar-refractivity contribution in [2.75, 3.05) is 13.1 Å². The summed E-state index contributed by atoms with van der Waals surface area (Å²) >= 11 is 0. The summed E-state index contributed by atoms with van der Waals surface area (Å²) in [6.45, 7) is 1.65. The average molecular weight is 321 g/mol. The zero-order valence-corrected chi connectivity index (χ0v) is 13.8. The number of pyridine rings is 1. The molecule has 1 aliphatic carbocycles. The van der Waals surface area contributed by atoms with Gasteiger partial charge in [-0.25, -0.2) is 4.79 Å². The van der Waals surface area contributed by atoms with Crippen LogP contribution in [0.1, 0.15) is 42.7 Å². The molecule has 2 heterocycles. The van der Waals surface area contributed by atoms with Crippen LogP contribution in [0.4, 0.5) is 4.79 Å². The Bertz CT molecular complexity index is 689. The first-order valence-corrected chi connectivity index (χ1v) is 8.79. The van der Waals surface area contributed by atoms with E-state index in [1.54, 1.807) is 0 Å². The van der Waals surface area contributed by atoms with Gasteiger partial charge in [0, 0.05) is 25.5 Å². The second kappa shape index (κ2) is 6.27. The van der Waals surface area contributed by atoms with E-state index in [-0.39, 0.29) is 11.6 Å². The van der Waals surface area contributed by atoms with Gasteiger partial charge in [0.1, 0.15) is 0 Å². The lowest BCUT2D eigenvalue weighted by Gasteiger charge is -2.33. The molecule has 1 aromatic heterocycles. The van der Waals surface area contributed by atoms with Gasteiger partial charge in [0.05, 0.1) is 5.54 Å². The monoisotopic (exact) mass is 321 g/mol. The number of likely N-dealkylation sites (tertiary alicyclic amines) is 1. The smallest absolute Gasteiger partial charge is 0.318 e. The summed E-state index contributed by atoms with van der Waals surface area (Å²) in [6, 6.07) is 14.6. The van der Waals surface area contributed by atoms with Gasteiger partial charge in [-0.3, -0.25) is 4.98 Å². The SMILES string of the molecule is O=C(NC1(c2ccccc2)CC1)N1CCC(c2ccncc2)CC1. The van der Waals surface area contributed by atoms with E-state index in [1.807, 2.05) is 35.5 Å². The van der Waals surface area contributed by atoms with E-state index in [0.29, 0.717) is 5.92 Å². The summed E-state index contributed by atoms with van der Waals surface area (Å²) in [4.78, 5) is 18.7. The second-order valence-corrected chi connectivity index (χ2v) is 6.92. The molecule has 4 rings (SSSR count). The van der Waals surface area contributed by atoms with Crippen LogP contribution in [0.2, 0.25) is 0 Å². The molecular weight excluding hydrogens is 298 g/mol. The third kappa shape index (κ3) is 3.01. The molecule has 0 spiro atoms. The van der Waals surface area contributed by atoms with Crippen molar-refractivity contribution in [1.82, 2.24) is 15.2 Å². The van der Waals surface area contributed by atoms with Crippen LogP contribution in [0.3, 0.4) is 0 Å². The lowest BCUT2D eigenvalue weighted by atomic mass is 9.90.